The highest BCUT2D eigenvalue weighted by atomic mass is 16.3. The van der Waals surface area contributed by atoms with Gasteiger partial charge in [-0.05, 0) is 63.5 Å². The van der Waals surface area contributed by atoms with E-state index in [4.69, 9.17) is 4.98 Å². The van der Waals surface area contributed by atoms with Crippen LogP contribution in [0.2, 0.25) is 0 Å². The number of piperidine rings is 1. The molecule has 1 saturated heterocycles. The second-order valence-electron chi connectivity index (χ2n) is 7.26. The van der Waals surface area contributed by atoms with E-state index in [1.54, 1.807) is 6.07 Å². The third-order valence-corrected chi connectivity index (χ3v) is 5.11. The number of likely N-dealkylation sites (tertiary alicyclic amines) is 1. The fourth-order valence-electron chi connectivity index (χ4n) is 3.92. The van der Waals surface area contributed by atoms with E-state index in [0.29, 0.717) is 11.7 Å². The van der Waals surface area contributed by atoms with Crippen molar-refractivity contribution in [1.82, 2.24) is 19.3 Å². The average Bonchev–Trinajstić information content (AvgIpc) is 2.96. The van der Waals surface area contributed by atoms with Gasteiger partial charge in [0.1, 0.15) is 5.75 Å². The summed E-state index contributed by atoms with van der Waals surface area (Å²) in [5, 5.41) is 10.4. The standard InChI is InChI=1S/C20H24N4O/c1-13-9-14(2)19(18(25)10-13)17-12-24-8-6-16(21-20(24)22-17)15-5-4-7-23(3)11-15/h6,8-10,12,15,25H,4-5,7,11H2,1-3H3. The van der Waals surface area contributed by atoms with Gasteiger partial charge in [0.05, 0.1) is 11.4 Å². The summed E-state index contributed by atoms with van der Waals surface area (Å²) in [5.41, 5.74) is 4.73. The molecule has 0 spiro atoms. The topological polar surface area (TPSA) is 53.7 Å². The summed E-state index contributed by atoms with van der Waals surface area (Å²) in [6.45, 7) is 6.20. The molecule has 0 amide bonds. The monoisotopic (exact) mass is 336 g/mol. The van der Waals surface area contributed by atoms with Crippen molar-refractivity contribution in [3.8, 4) is 17.0 Å². The quantitative estimate of drug-likeness (QED) is 0.778. The molecule has 1 aliphatic rings. The van der Waals surface area contributed by atoms with Gasteiger partial charge in [-0.3, -0.25) is 4.40 Å². The Morgan fingerprint density at radius 1 is 1.20 bits per heavy atom. The summed E-state index contributed by atoms with van der Waals surface area (Å²) in [4.78, 5) is 11.9. The highest BCUT2D eigenvalue weighted by Gasteiger charge is 2.21. The fraction of sp³-hybridized carbons (Fsp3) is 0.400. The summed E-state index contributed by atoms with van der Waals surface area (Å²) in [6, 6.07) is 5.95. The highest BCUT2D eigenvalue weighted by Crippen LogP contribution is 2.33. The Kier molecular flexibility index (Phi) is 3.96. The van der Waals surface area contributed by atoms with Crippen molar-refractivity contribution in [2.45, 2.75) is 32.6 Å². The van der Waals surface area contributed by atoms with Gasteiger partial charge >= 0.3 is 0 Å². The van der Waals surface area contributed by atoms with Crippen LogP contribution < -0.4 is 0 Å². The molecule has 0 saturated carbocycles. The molecule has 1 unspecified atom stereocenters. The molecule has 3 heterocycles. The molecule has 3 aromatic rings. The minimum Gasteiger partial charge on any atom is -0.507 e. The van der Waals surface area contributed by atoms with E-state index in [-0.39, 0.29) is 5.75 Å². The summed E-state index contributed by atoms with van der Waals surface area (Å²) in [7, 11) is 2.17. The van der Waals surface area contributed by atoms with Crippen molar-refractivity contribution in [3.63, 3.8) is 0 Å². The lowest BCUT2D eigenvalue weighted by Crippen LogP contribution is -2.31. The number of aryl methyl sites for hydroxylation is 2. The minimum absolute atomic E-state index is 0.273. The van der Waals surface area contributed by atoms with Crippen LogP contribution in [0.15, 0.2) is 30.6 Å². The molecule has 0 aliphatic carbocycles. The summed E-state index contributed by atoms with van der Waals surface area (Å²) >= 11 is 0. The number of benzene rings is 1. The average molecular weight is 336 g/mol. The molecule has 5 nitrogen and oxygen atoms in total. The van der Waals surface area contributed by atoms with Gasteiger partial charge in [-0.25, -0.2) is 9.97 Å². The fourth-order valence-corrected chi connectivity index (χ4v) is 3.92. The van der Waals surface area contributed by atoms with Gasteiger partial charge < -0.3 is 10.0 Å². The lowest BCUT2D eigenvalue weighted by molar-refractivity contribution is 0.248. The van der Waals surface area contributed by atoms with Crippen LogP contribution in [-0.4, -0.2) is 44.5 Å². The van der Waals surface area contributed by atoms with Crippen LogP contribution in [0.5, 0.6) is 5.75 Å². The summed E-state index contributed by atoms with van der Waals surface area (Å²) in [5.74, 6) is 1.44. The molecule has 5 heteroatoms. The molecule has 0 radical (unpaired) electrons. The Morgan fingerprint density at radius 2 is 2.04 bits per heavy atom. The maximum absolute atomic E-state index is 10.4. The summed E-state index contributed by atoms with van der Waals surface area (Å²) < 4.78 is 1.93. The van der Waals surface area contributed by atoms with Gasteiger partial charge in [-0.1, -0.05) is 6.07 Å². The van der Waals surface area contributed by atoms with Crippen LogP contribution in [0.4, 0.5) is 0 Å². The number of hydrogen-bond acceptors (Lipinski definition) is 4. The number of rotatable bonds is 2. The highest BCUT2D eigenvalue weighted by molar-refractivity contribution is 5.72. The zero-order chi connectivity index (χ0) is 17.6. The van der Waals surface area contributed by atoms with Crippen LogP contribution in [0.1, 0.15) is 35.6 Å². The first-order chi connectivity index (χ1) is 12.0. The Balaban J connectivity index is 1.74. The van der Waals surface area contributed by atoms with Crippen molar-refractivity contribution < 1.29 is 5.11 Å². The lowest BCUT2D eigenvalue weighted by atomic mass is 9.95. The molecule has 1 aliphatic heterocycles. The minimum atomic E-state index is 0.273. The molecule has 1 N–H and O–H groups in total. The third-order valence-electron chi connectivity index (χ3n) is 5.11. The zero-order valence-corrected chi connectivity index (χ0v) is 15.0. The van der Waals surface area contributed by atoms with Gasteiger partial charge in [-0.2, -0.15) is 0 Å². The van der Waals surface area contributed by atoms with Crippen LogP contribution >= 0.6 is 0 Å². The van der Waals surface area contributed by atoms with E-state index < -0.39 is 0 Å². The first-order valence-electron chi connectivity index (χ1n) is 8.86. The van der Waals surface area contributed by atoms with Crippen LogP contribution in [0.3, 0.4) is 0 Å². The van der Waals surface area contributed by atoms with E-state index in [1.807, 2.05) is 30.6 Å². The second kappa shape index (κ2) is 6.15. The van der Waals surface area contributed by atoms with Crippen LogP contribution in [0, 0.1) is 13.8 Å². The molecule has 1 fully saturated rings. The Morgan fingerprint density at radius 3 is 2.80 bits per heavy atom. The number of imidazole rings is 1. The molecular weight excluding hydrogens is 312 g/mol. The second-order valence-corrected chi connectivity index (χ2v) is 7.26. The molecule has 1 aromatic carbocycles. The Bertz CT molecular complexity index is 908. The molecule has 25 heavy (non-hydrogen) atoms. The molecule has 4 rings (SSSR count). The van der Waals surface area contributed by atoms with Crippen molar-refractivity contribution in [3.05, 3.63) is 47.4 Å². The maximum atomic E-state index is 10.4. The zero-order valence-electron chi connectivity index (χ0n) is 15.0. The Labute approximate surface area is 148 Å². The number of fused-ring (bicyclic) bond motifs is 1. The summed E-state index contributed by atoms with van der Waals surface area (Å²) in [6.07, 6.45) is 6.36. The van der Waals surface area contributed by atoms with Crippen molar-refractivity contribution in [1.29, 1.82) is 0 Å². The molecule has 1 atom stereocenters. The molecule has 2 aromatic heterocycles. The lowest BCUT2D eigenvalue weighted by Gasteiger charge is -2.29. The number of phenolic OH excluding ortho intramolecular Hbond substituents is 1. The number of phenols is 1. The van der Waals surface area contributed by atoms with E-state index in [9.17, 15) is 5.11 Å². The van der Waals surface area contributed by atoms with Gasteiger partial charge in [0, 0.05) is 30.4 Å². The van der Waals surface area contributed by atoms with Gasteiger partial charge in [0.15, 0.2) is 0 Å². The smallest absolute Gasteiger partial charge is 0.234 e. The largest absolute Gasteiger partial charge is 0.507 e. The predicted octanol–water partition coefficient (Wildman–Crippen LogP) is 3.53. The van der Waals surface area contributed by atoms with Gasteiger partial charge in [-0.15, -0.1) is 0 Å². The van der Waals surface area contributed by atoms with E-state index in [2.05, 4.69) is 29.1 Å². The Hall–Kier alpha value is -2.40. The third kappa shape index (κ3) is 3.00. The van der Waals surface area contributed by atoms with Crippen molar-refractivity contribution >= 4 is 5.78 Å². The first kappa shape index (κ1) is 16.1. The maximum Gasteiger partial charge on any atom is 0.234 e. The predicted molar refractivity (Wildman–Crippen MR) is 99.0 cm³/mol. The van der Waals surface area contributed by atoms with Gasteiger partial charge in [0.2, 0.25) is 5.78 Å². The number of likely N-dealkylation sites (N-methyl/N-ethyl adjacent to an activating group) is 1. The molecule has 0 bridgehead atoms. The normalized spacial score (nSPS) is 18.8. The molecular formula is C20H24N4O. The number of nitrogens with zero attached hydrogens (tertiary/aromatic N) is 4. The van der Waals surface area contributed by atoms with Crippen LogP contribution in [0.25, 0.3) is 17.0 Å². The van der Waals surface area contributed by atoms with Gasteiger partial charge in [0.25, 0.3) is 0 Å². The number of aromatic hydroxyl groups is 1. The number of hydrogen-bond donors (Lipinski definition) is 1. The van der Waals surface area contributed by atoms with E-state index in [0.717, 1.165) is 41.2 Å². The van der Waals surface area contributed by atoms with Crippen LogP contribution in [-0.2, 0) is 0 Å². The van der Waals surface area contributed by atoms with Crippen molar-refractivity contribution in [2.24, 2.45) is 0 Å². The SMILES string of the molecule is Cc1cc(C)c(-c2cn3ccc(C4CCCN(C)C4)nc3n2)c(O)c1. The number of aromatic nitrogens is 3. The molecule has 130 valence electrons. The first-order valence-corrected chi connectivity index (χ1v) is 8.86. The van der Waals surface area contributed by atoms with E-state index >= 15 is 0 Å². The van der Waals surface area contributed by atoms with E-state index in [1.165, 1.54) is 12.8 Å². The van der Waals surface area contributed by atoms with Crippen molar-refractivity contribution in [2.75, 3.05) is 20.1 Å².